The van der Waals surface area contributed by atoms with E-state index in [-0.39, 0.29) is 10.7 Å². The zero-order valence-electron chi connectivity index (χ0n) is 5.64. The van der Waals surface area contributed by atoms with Crippen molar-refractivity contribution in [3.63, 3.8) is 0 Å². The third kappa shape index (κ3) is 7.14. The summed E-state index contributed by atoms with van der Waals surface area (Å²) in [7, 11) is 0. The Morgan fingerprint density at radius 2 is 2.11 bits per heavy atom. The number of carbonyl (C=O) groups is 1. The van der Waals surface area contributed by atoms with Crippen LogP contribution in [0.25, 0.3) is 0 Å². The number of allylic oxidation sites excluding steroid dienone is 1. The second-order valence-corrected chi connectivity index (χ2v) is 1.49. The number of esters is 1. The molecule has 3 heteroatoms. The first-order chi connectivity index (χ1) is 3.66. The minimum Gasteiger partial charge on any atom is -0.432 e. The van der Waals surface area contributed by atoms with Crippen molar-refractivity contribution in [2.24, 2.45) is 0 Å². The average molecular weight is 134 g/mol. The summed E-state index contributed by atoms with van der Waals surface area (Å²) in [5, 5.41) is 0. The molecule has 0 rings (SSSR count). The minimum atomic E-state index is -0.295. The SMILES string of the molecule is C=C(CC)OC(C)=O.F. The number of hydrogen-bond donors (Lipinski definition) is 0. The van der Waals surface area contributed by atoms with E-state index in [2.05, 4.69) is 11.3 Å². The summed E-state index contributed by atoms with van der Waals surface area (Å²) in [6.45, 7) is 6.71. The molecule has 0 aliphatic heterocycles. The Morgan fingerprint density at radius 1 is 1.67 bits per heavy atom. The molecule has 0 aromatic carbocycles. The topological polar surface area (TPSA) is 26.3 Å². The van der Waals surface area contributed by atoms with Crippen molar-refractivity contribution in [1.29, 1.82) is 0 Å². The van der Waals surface area contributed by atoms with Crippen LogP contribution in [0.4, 0.5) is 4.70 Å². The largest absolute Gasteiger partial charge is 0.432 e. The van der Waals surface area contributed by atoms with Gasteiger partial charge in [-0.3, -0.25) is 9.50 Å². The van der Waals surface area contributed by atoms with Gasteiger partial charge in [-0.25, -0.2) is 0 Å². The molecule has 0 aliphatic rings. The van der Waals surface area contributed by atoms with Gasteiger partial charge in [-0.05, 0) is 0 Å². The first kappa shape index (κ1) is 11.0. The molecule has 0 radical (unpaired) electrons. The molecule has 0 aliphatic carbocycles. The maximum atomic E-state index is 10.1. The van der Waals surface area contributed by atoms with Crippen LogP contribution in [-0.2, 0) is 9.53 Å². The molecule has 0 amide bonds. The fourth-order valence-corrected chi connectivity index (χ4v) is 0.275. The van der Waals surface area contributed by atoms with E-state index in [1.807, 2.05) is 6.92 Å². The van der Waals surface area contributed by atoms with Crippen LogP contribution in [0.1, 0.15) is 20.3 Å². The molecule has 2 nitrogen and oxygen atoms in total. The molecule has 54 valence electrons. The van der Waals surface area contributed by atoms with Gasteiger partial charge >= 0.3 is 5.97 Å². The summed E-state index contributed by atoms with van der Waals surface area (Å²) in [5.74, 6) is 0.231. The van der Waals surface area contributed by atoms with E-state index in [9.17, 15) is 4.79 Å². The van der Waals surface area contributed by atoms with Crippen LogP contribution in [-0.4, -0.2) is 5.97 Å². The van der Waals surface area contributed by atoms with Crippen molar-refractivity contribution in [3.05, 3.63) is 12.3 Å². The van der Waals surface area contributed by atoms with Gasteiger partial charge in [0.1, 0.15) is 5.76 Å². The van der Waals surface area contributed by atoms with Gasteiger partial charge in [0.15, 0.2) is 0 Å². The van der Waals surface area contributed by atoms with Crippen LogP contribution in [0.15, 0.2) is 12.3 Å². The Balaban J connectivity index is 0. The van der Waals surface area contributed by atoms with Crippen molar-refractivity contribution in [3.8, 4) is 0 Å². The summed E-state index contributed by atoms with van der Waals surface area (Å²) < 4.78 is 4.57. The fourth-order valence-electron chi connectivity index (χ4n) is 0.275. The van der Waals surface area contributed by atoms with Crippen molar-refractivity contribution >= 4 is 5.97 Å². The van der Waals surface area contributed by atoms with E-state index in [4.69, 9.17) is 0 Å². The van der Waals surface area contributed by atoms with Gasteiger partial charge in [0.25, 0.3) is 0 Å². The normalized spacial score (nSPS) is 7.33. The Labute approximate surface area is 53.9 Å². The first-order valence-corrected chi connectivity index (χ1v) is 2.53. The van der Waals surface area contributed by atoms with Gasteiger partial charge in [0.2, 0.25) is 0 Å². The van der Waals surface area contributed by atoms with Gasteiger partial charge in [-0.1, -0.05) is 13.5 Å². The number of rotatable bonds is 2. The van der Waals surface area contributed by atoms with E-state index in [1.165, 1.54) is 6.92 Å². The molecule has 0 aromatic rings. The molecule has 9 heavy (non-hydrogen) atoms. The lowest BCUT2D eigenvalue weighted by molar-refractivity contribution is -0.136. The van der Waals surface area contributed by atoms with Crippen molar-refractivity contribution < 1.29 is 14.2 Å². The van der Waals surface area contributed by atoms with Crippen LogP contribution >= 0.6 is 0 Å². The molecule has 0 atom stereocenters. The highest BCUT2D eigenvalue weighted by Crippen LogP contribution is 1.97. The van der Waals surface area contributed by atoms with Crippen LogP contribution in [0, 0.1) is 0 Å². The molecule has 0 aromatic heterocycles. The Kier molecular flexibility index (Phi) is 6.46. The third-order valence-electron chi connectivity index (χ3n) is 0.682. The fraction of sp³-hybridized carbons (Fsp3) is 0.500. The third-order valence-corrected chi connectivity index (χ3v) is 0.682. The molecule has 0 fully saturated rings. The highest BCUT2D eigenvalue weighted by molar-refractivity contribution is 5.67. The molecular formula is C6H11FO2. The standard InChI is InChI=1S/C6H10O2.FH/c1-4-5(2)8-6(3)7;/h2,4H2,1,3H3;1H. The second-order valence-electron chi connectivity index (χ2n) is 1.49. The molecule has 0 saturated carbocycles. The van der Waals surface area contributed by atoms with Crippen LogP contribution < -0.4 is 0 Å². The van der Waals surface area contributed by atoms with E-state index >= 15 is 0 Å². The van der Waals surface area contributed by atoms with Gasteiger partial charge in [-0.15, -0.1) is 0 Å². The molecule has 0 unspecified atom stereocenters. The number of hydrogen-bond acceptors (Lipinski definition) is 2. The Morgan fingerprint density at radius 3 is 2.22 bits per heavy atom. The molecule has 0 saturated heterocycles. The monoisotopic (exact) mass is 134 g/mol. The second kappa shape index (κ2) is 5.28. The maximum absolute atomic E-state index is 10.1. The Bertz CT molecular complexity index is 110. The predicted molar refractivity (Wildman–Crippen MR) is 33.7 cm³/mol. The Hall–Kier alpha value is -0.860. The highest BCUT2D eigenvalue weighted by Gasteiger charge is 1.92. The summed E-state index contributed by atoms with van der Waals surface area (Å²) >= 11 is 0. The predicted octanol–water partition coefficient (Wildman–Crippen LogP) is 1.63. The molecule has 0 N–H and O–H groups in total. The summed E-state index contributed by atoms with van der Waals surface area (Å²) in [4.78, 5) is 10.1. The summed E-state index contributed by atoms with van der Waals surface area (Å²) in [6.07, 6.45) is 0.694. The quantitative estimate of drug-likeness (QED) is 0.423. The van der Waals surface area contributed by atoms with Crippen LogP contribution in [0.2, 0.25) is 0 Å². The molecule has 0 bridgehead atoms. The van der Waals surface area contributed by atoms with Gasteiger partial charge < -0.3 is 4.74 Å². The first-order valence-electron chi connectivity index (χ1n) is 2.53. The smallest absolute Gasteiger partial charge is 0.307 e. The lowest BCUT2D eigenvalue weighted by Crippen LogP contribution is -1.95. The van der Waals surface area contributed by atoms with E-state index in [1.54, 1.807) is 0 Å². The zero-order chi connectivity index (χ0) is 6.57. The van der Waals surface area contributed by atoms with Gasteiger partial charge in [0.05, 0.1) is 0 Å². The number of halogens is 1. The van der Waals surface area contributed by atoms with E-state index in [0.717, 1.165) is 0 Å². The number of ether oxygens (including phenoxy) is 1. The van der Waals surface area contributed by atoms with E-state index < -0.39 is 0 Å². The summed E-state index contributed by atoms with van der Waals surface area (Å²) in [6, 6.07) is 0. The molecule has 0 spiro atoms. The lowest BCUT2D eigenvalue weighted by atomic mass is 10.4. The van der Waals surface area contributed by atoms with E-state index in [0.29, 0.717) is 12.2 Å². The van der Waals surface area contributed by atoms with Gasteiger partial charge in [-0.2, -0.15) is 0 Å². The van der Waals surface area contributed by atoms with Crippen molar-refractivity contribution in [1.82, 2.24) is 0 Å². The molecular weight excluding hydrogens is 123 g/mol. The van der Waals surface area contributed by atoms with Crippen LogP contribution in [0.3, 0.4) is 0 Å². The zero-order valence-corrected chi connectivity index (χ0v) is 5.64. The van der Waals surface area contributed by atoms with Gasteiger partial charge in [0, 0.05) is 13.3 Å². The minimum absolute atomic E-state index is 0. The molecule has 0 heterocycles. The lowest BCUT2D eigenvalue weighted by Gasteiger charge is -1.98. The van der Waals surface area contributed by atoms with Crippen molar-refractivity contribution in [2.45, 2.75) is 20.3 Å². The maximum Gasteiger partial charge on any atom is 0.307 e. The van der Waals surface area contributed by atoms with Crippen LogP contribution in [0.5, 0.6) is 0 Å². The van der Waals surface area contributed by atoms with Crippen molar-refractivity contribution in [2.75, 3.05) is 0 Å². The summed E-state index contributed by atoms with van der Waals surface area (Å²) in [5.41, 5.74) is 0. The number of carbonyl (C=O) groups excluding carboxylic acids is 1. The highest BCUT2D eigenvalue weighted by atomic mass is 19.0. The average Bonchev–Trinajstić information content (AvgIpc) is 1.65.